The van der Waals surface area contributed by atoms with Crippen LogP contribution in [-0.4, -0.2) is 49.7 Å². The van der Waals surface area contributed by atoms with Gasteiger partial charge in [0, 0.05) is 17.0 Å². The van der Waals surface area contributed by atoms with E-state index >= 15 is 0 Å². The number of pyridine rings is 1. The number of aromatic nitrogens is 1. The van der Waals surface area contributed by atoms with E-state index in [1.807, 2.05) is 43.5 Å². The molecular weight excluding hydrogens is 555 g/mol. The molecule has 2 amide bonds. The number of hydrogen-bond donors (Lipinski definition) is 3. The maximum Gasteiger partial charge on any atom is 0.234 e. The van der Waals surface area contributed by atoms with Crippen LogP contribution >= 0.6 is 11.3 Å². The Kier molecular flexibility index (Phi) is 9.01. The Hall–Kier alpha value is -3.66. The Morgan fingerprint density at radius 1 is 1.17 bits per heavy atom. The lowest BCUT2D eigenvalue weighted by molar-refractivity contribution is -0.140. The molecule has 1 saturated heterocycles. The molecule has 0 bridgehead atoms. The van der Waals surface area contributed by atoms with Gasteiger partial charge in [0.25, 0.3) is 0 Å². The first-order chi connectivity index (χ1) is 20.2. The van der Waals surface area contributed by atoms with Crippen LogP contribution < -0.4 is 0 Å². The molecule has 0 unspecified atom stereocenters. The first kappa shape index (κ1) is 29.8. The van der Waals surface area contributed by atoms with Crippen molar-refractivity contribution in [1.29, 1.82) is 0 Å². The van der Waals surface area contributed by atoms with Gasteiger partial charge in [0.05, 0.1) is 36.8 Å². The monoisotopic (exact) mass is 590 g/mol. The Labute approximate surface area is 248 Å². The molecule has 1 aromatic carbocycles. The average molecular weight is 591 g/mol. The van der Waals surface area contributed by atoms with Crippen LogP contribution in [0.3, 0.4) is 0 Å². The van der Waals surface area contributed by atoms with Gasteiger partial charge < -0.3 is 15.3 Å². The van der Waals surface area contributed by atoms with Gasteiger partial charge in [-0.2, -0.15) is 0 Å². The molecule has 1 fully saturated rings. The highest BCUT2D eigenvalue weighted by atomic mass is 32.1. The van der Waals surface area contributed by atoms with Crippen molar-refractivity contribution < 1.29 is 29.3 Å². The number of thiophene rings is 1. The van der Waals surface area contributed by atoms with Crippen LogP contribution in [0.4, 0.5) is 4.39 Å². The molecule has 5 rings (SSSR count). The Morgan fingerprint density at radius 3 is 2.62 bits per heavy atom. The number of benzene rings is 1. The number of carbonyl (C=O) groups excluding carboxylic acids is 2. The van der Waals surface area contributed by atoms with Gasteiger partial charge in [0.1, 0.15) is 0 Å². The topological polar surface area (TPSA) is 111 Å². The molecule has 3 N–H and O–H groups in total. The van der Waals surface area contributed by atoms with Gasteiger partial charge in [-0.25, -0.2) is 4.39 Å². The second kappa shape index (κ2) is 12.7. The minimum Gasteiger partial charge on any atom is -0.505 e. The third-order valence-electron chi connectivity index (χ3n) is 8.35. The fourth-order valence-electron chi connectivity index (χ4n) is 6.31. The lowest BCUT2D eigenvalue weighted by Crippen LogP contribution is -2.39. The van der Waals surface area contributed by atoms with Crippen molar-refractivity contribution in [1.82, 2.24) is 9.88 Å². The number of carbonyl (C=O) groups is 2. The summed E-state index contributed by atoms with van der Waals surface area (Å²) in [6.45, 7) is 3.86. The van der Waals surface area contributed by atoms with E-state index in [0.29, 0.717) is 29.7 Å². The molecular formula is C33H35FN2O5S. The number of amides is 2. The van der Waals surface area contributed by atoms with Crippen LogP contribution in [0.2, 0.25) is 0 Å². The summed E-state index contributed by atoms with van der Waals surface area (Å²) in [5.74, 6) is -3.63. The summed E-state index contributed by atoms with van der Waals surface area (Å²) in [6, 6.07) is 13.4. The predicted molar refractivity (Wildman–Crippen MR) is 159 cm³/mol. The fraction of sp³-hybridized carbons (Fsp3) is 0.364. The number of nitrogens with zero attached hydrogens (tertiary/aromatic N) is 2. The number of allylic oxidation sites excluding steroid dienone is 2. The Bertz CT molecular complexity index is 1500. The number of aliphatic hydroxyl groups excluding tert-OH is 2. The van der Waals surface area contributed by atoms with Crippen LogP contribution in [0.25, 0.3) is 11.6 Å². The molecule has 3 aromatic rings. The highest BCUT2D eigenvalue weighted by molar-refractivity contribution is 7.09. The van der Waals surface area contributed by atoms with Crippen LogP contribution in [-0.2, 0) is 16.1 Å². The van der Waals surface area contributed by atoms with Crippen molar-refractivity contribution in [2.45, 2.75) is 45.8 Å². The Balaban J connectivity index is 1.43. The van der Waals surface area contributed by atoms with E-state index in [4.69, 9.17) is 0 Å². The summed E-state index contributed by atoms with van der Waals surface area (Å²) in [5.41, 5.74) is 3.52. The normalized spacial score (nSPS) is 21.8. The van der Waals surface area contributed by atoms with Crippen molar-refractivity contribution in [3.63, 3.8) is 0 Å². The molecule has 220 valence electrons. The smallest absolute Gasteiger partial charge is 0.234 e. The highest BCUT2D eigenvalue weighted by Crippen LogP contribution is 2.48. The molecule has 2 aromatic heterocycles. The fourth-order valence-corrected chi connectivity index (χ4v) is 7.01. The Morgan fingerprint density at radius 2 is 1.98 bits per heavy atom. The van der Waals surface area contributed by atoms with Crippen molar-refractivity contribution in [2.75, 3.05) is 6.61 Å². The van der Waals surface area contributed by atoms with Crippen molar-refractivity contribution in [3.05, 3.63) is 93.2 Å². The predicted octanol–water partition coefficient (Wildman–Crippen LogP) is 5.44. The molecule has 0 spiro atoms. The number of halogens is 1. The van der Waals surface area contributed by atoms with Gasteiger partial charge in [-0.15, -0.1) is 11.3 Å². The lowest BCUT2D eigenvalue weighted by Gasteiger charge is -2.38. The minimum atomic E-state index is -0.974. The third kappa shape index (κ3) is 5.95. The second-order valence-electron chi connectivity index (χ2n) is 11.3. The summed E-state index contributed by atoms with van der Waals surface area (Å²) < 4.78 is 14.1. The van der Waals surface area contributed by atoms with Crippen molar-refractivity contribution in [3.8, 4) is 5.75 Å². The molecule has 2 aliphatic rings. The van der Waals surface area contributed by atoms with E-state index in [0.717, 1.165) is 16.0 Å². The van der Waals surface area contributed by atoms with Crippen LogP contribution in [0.15, 0.2) is 71.3 Å². The molecule has 9 heteroatoms. The van der Waals surface area contributed by atoms with Crippen molar-refractivity contribution in [2.24, 2.45) is 23.7 Å². The van der Waals surface area contributed by atoms with E-state index in [-0.39, 0.29) is 37.3 Å². The zero-order chi connectivity index (χ0) is 30.0. The number of fused-ring (bicyclic) bond motifs is 1. The summed E-state index contributed by atoms with van der Waals surface area (Å²) >= 11 is 1.48. The van der Waals surface area contributed by atoms with Crippen LogP contribution in [0.1, 0.15) is 49.2 Å². The maximum absolute atomic E-state index is 14.1. The summed E-state index contributed by atoms with van der Waals surface area (Å²) in [6.07, 6.45) is 3.47. The van der Waals surface area contributed by atoms with Crippen LogP contribution in [0.5, 0.6) is 5.75 Å². The van der Waals surface area contributed by atoms with Gasteiger partial charge in [-0.1, -0.05) is 37.6 Å². The molecule has 42 heavy (non-hydrogen) atoms. The molecule has 1 aliphatic carbocycles. The zero-order valence-electron chi connectivity index (χ0n) is 23.6. The summed E-state index contributed by atoms with van der Waals surface area (Å²) in [7, 11) is 0. The largest absolute Gasteiger partial charge is 0.505 e. The molecule has 4 atom stereocenters. The standard InChI is InChI=1S/C33H35FN2O5S/c1-19(2)23-16-24-31(33(41)36(32(24)40)17-22-6-5-13-42-22)25(18-37)30(23)29(39)11-9-21(27-7-3-4-12-35-27)14-20-8-10-28(38)26(34)15-20/h3-8,10,12-15,19,24-25,29,31,37-39H,9,11,16-18H2,1-2H3/b21-14-/t24-,25+,29-,31-/m1/s1. The van der Waals surface area contributed by atoms with Gasteiger partial charge >= 0.3 is 0 Å². The zero-order valence-corrected chi connectivity index (χ0v) is 24.4. The van der Waals surface area contributed by atoms with Gasteiger partial charge in [-0.05, 0) is 83.7 Å². The lowest BCUT2D eigenvalue weighted by atomic mass is 9.66. The summed E-state index contributed by atoms with van der Waals surface area (Å²) in [4.78, 5) is 33.8. The van der Waals surface area contributed by atoms with Crippen LogP contribution in [0, 0.1) is 29.5 Å². The van der Waals surface area contributed by atoms with E-state index in [1.54, 1.807) is 24.4 Å². The van der Waals surface area contributed by atoms with E-state index < -0.39 is 35.4 Å². The van der Waals surface area contributed by atoms with Gasteiger partial charge in [0.15, 0.2) is 11.6 Å². The summed E-state index contributed by atoms with van der Waals surface area (Å²) in [5, 5.41) is 33.8. The third-order valence-corrected chi connectivity index (χ3v) is 9.21. The molecule has 0 saturated carbocycles. The number of phenols is 1. The second-order valence-corrected chi connectivity index (χ2v) is 12.3. The minimum absolute atomic E-state index is 0.00433. The van der Waals surface area contributed by atoms with E-state index in [2.05, 4.69) is 4.98 Å². The average Bonchev–Trinajstić information content (AvgIpc) is 3.59. The SMILES string of the molecule is CC(C)C1=C([C@H](O)CC/C(=C/c2ccc(O)c(F)c2)c2ccccn2)[C@H](CO)[C@@H]2C(=O)N(Cc3cccs3)C(=O)[C@@H]2C1. The number of imide groups is 1. The quantitative estimate of drug-likeness (QED) is 0.214. The molecule has 7 nitrogen and oxygen atoms in total. The molecule has 3 heterocycles. The van der Waals surface area contributed by atoms with Crippen molar-refractivity contribution >= 4 is 34.8 Å². The molecule has 1 aliphatic heterocycles. The number of aliphatic hydroxyl groups is 2. The number of hydrogen-bond acceptors (Lipinski definition) is 7. The highest BCUT2D eigenvalue weighted by Gasteiger charge is 2.55. The number of phenolic OH excluding ortho intramolecular Hbond substituents is 1. The number of rotatable bonds is 10. The van der Waals surface area contributed by atoms with Gasteiger partial charge in [0.2, 0.25) is 11.8 Å². The van der Waals surface area contributed by atoms with E-state index in [1.165, 1.54) is 28.4 Å². The molecule has 0 radical (unpaired) electrons. The van der Waals surface area contributed by atoms with Gasteiger partial charge in [-0.3, -0.25) is 19.5 Å². The number of likely N-dealkylation sites (tertiary alicyclic amines) is 1. The maximum atomic E-state index is 14.1. The first-order valence-corrected chi connectivity index (χ1v) is 15.1. The van der Waals surface area contributed by atoms with E-state index in [9.17, 15) is 29.3 Å². The first-order valence-electron chi connectivity index (χ1n) is 14.2. The number of aromatic hydroxyl groups is 1.